The van der Waals surface area contributed by atoms with Crippen LogP contribution in [0.25, 0.3) is 0 Å². The molecule has 0 bridgehead atoms. The van der Waals surface area contributed by atoms with Crippen molar-refractivity contribution >= 4 is 0 Å². The predicted octanol–water partition coefficient (Wildman–Crippen LogP) is 0.786. The molecule has 2 aromatic rings. The van der Waals surface area contributed by atoms with Gasteiger partial charge in [0, 0.05) is 18.4 Å². The molecule has 1 aliphatic rings. The zero-order chi connectivity index (χ0) is 12.5. The van der Waals surface area contributed by atoms with Gasteiger partial charge in [0.25, 0.3) is 0 Å². The van der Waals surface area contributed by atoms with E-state index in [0.717, 1.165) is 18.7 Å². The third-order valence-corrected chi connectivity index (χ3v) is 3.48. The Morgan fingerprint density at radius 3 is 3.06 bits per heavy atom. The Kier molecular flexibility index (Phi) is 2.87. The normalized spacial score (nSPS) is 19.6. The van der Waals surface area contributed by atoms with Gasteiger partial charge in [-0.05, 0) is 35.6 Å². The van der Waals surface area contributed by atoms with Crippen molar-refractivity contribution < 1.29 is 0 Å². The van der Waals surface area contributed by atoms with Crippen LogP contribution in [0.4, 0.5) is 0 Å². The van der Waals surface area contributed by atoms with E-state index in [1.807, 2.05) is 0 Å². The molecule has 0 fully saturated rings. The maximum absolute atomic E-state index is 6.20. The first-order valence-corrected chi connectivity index (χ1v) is 6.39. The van der Waals surface area contributed by atoms with E-state index in [9.17, 15) is 0 Å². The lowest BCUT2D eigenvalue weighted by Crippen LogP contribution is -2.09. The fraction of sp³-hybridized carbons (Fsp3) is 0.583. The zero-order valence-corrected chi connectivity index (χ0v) is 10.6. The highest BCUT2D eigenvalue weighted by Gasteiger charge is 2.17. The van der Waals surface area contributed by atoms with Gasteiger partial charge in [-0.15, -0.1) is 10.2 Å². The molecule has 3 rings (SSSR count). The van der Waals surface area contributed by atoms with Gasteiger partial charge in [0.05, 0.1) is 13.6 Å². The van der Waals surface area contributed by atoms with Crippen LogP contribution in [-0.2, 0) is 20.0 Å². The first-order chi connectivity index (χ1) is 8.72. The summed E-state index contributed by atoms with van der Waals surface area (Å²) in [6.45, 7) is 0.660. The molecule has 0 radical (unpaired) electrons. The lowest BCUT2D eigenvalue weighted by atomic mass is 10.1. The molecule has 1 atom stereocenters. The van der Waals surface area contributed by atoms with Crippen LogP contribution in [0.2, 0.25) is 0 Å². The third-order valence-electron chi connectivity index (χ3n) is 3.48. The second-order valence-electron chi connectivity index (χ2n) is 4.96. The van der Waals surface area contributed by atoms with E-state index in [0.29, 0.717) is 6.54 Å². The minimum Gasteiger partial charge on any atom is -0.346 e. The summed E-state index contributed by atoms with van der Waals surface area (Å²) in [6, 6.07) is 0.179. The summed E-state index contributed by atoms with van der Waals surface area (Å²) < 4.78 is 2.12. The number of hydrogen-bond acceptors (Lipinski definition) is 4. The highest BCUT2D eigenvalue weighted by atomic mass is 15.6. The van der Waals surface area contributed by atoms with E-state index in [1.165, 1.54) is 28.8 Å². The lowest BCUT2D eigenvalue weighted by Gasteiger charge is -2.07. The molecule has 0 saturated heterocycles. The molecule has 0 aromatic carbocycles. The minimum absolute atomic E-state index is 0.179. The second kappa shape index (κ2) is 4.53. The summed E-state index contributed by atoms with van der Waals surface area (Å²) in [5.41, 5.74) is 8.86. The van der Waals surface area contributed by atoms with E-state index in [-0.39, 0.29) is 6.04 Å². The van der Waals surface area contributed by atoms with Crippen molar-refractivity contribution in [3.63, 3.8) is 0 Å². The van der Waals surface area contributed by atoms with Gasteiger partial charge >= 0.3 is 0 Å². The van der Waals surface area contributed by atoms with Gasteiger partial charge in [-0.25, -0.2) is 0 Å². The van der Waals surface area contributed by atoms with Gasteiger partial charge in [-0.1, -0.05) is 6.42 Å². The van der Waals surface area contributed by atoms with Crippen LogP contribution in [0.15, 0.2) is 12.4 Å². The zero-order valence-electron chi connectivity index (χ0n) is 10.6. The molecule has 6 heteroatoms. The minimum atomic E-state index is 0.179. The van der Waals surface area contributed by atoms with E-state index in [4.69, 9.17) is 5.73 Å². The van der Waals surface area contributed by atoms with Crippen LogP contribution in [0.5, 0.6) is 0 Å². The van der Waals surface area contributed by atoms with E-state index in [1.54, 1.807) is 7.05 Å². The van der Waals surface area contributed by atoms with Crippen LogP contribution < -0.4 is 5.73 Å². The average molecular weight is 246 g/mol. The molecule has 0 aliphatic heterocycles. The predicted molar refractivity (Wildman–Crippen MR) is 66.8 cm³/mol. The highest BCUT2D eigenvalue weighted by molar-refractivity contribution is 5.29. The highest BCUT2D eigenvalue weighted by Crippen LogP contribution is 2.27. The SMILES string of the molecule is Cn1nnc(Cn2cc3c(c2)C(N)CCCC3)n1. The van der Waals surface area contributed by atoms with Crippen molar-refractivity contribution in [3.05, 3.63) is 29.3 Å². The van der Waals surface area contributed by atoms with Gasteiger partial charge in [-0.2, -0.15) is 4.80 Å². The van der Waals surface area contributed by atoms with Crippen LogP contribution >= 0.6 is 0 Å². The Morgan fingerprint density at radius 2 is 2.28 bits per heavy atom. The van der Waals surface area contributed by atoms with Gasteiger partial charge in [-0.3, -0.25) is 0 Å². The third kappa shape index (κ3) is 2.15. The number of aryl methyl sites for hydroxylation is 2. The maximum atomic E-state index is 6.20. The van der Waals surface area contributed by atoms with Gasteiger partial charge < -0.3 is 10.3 Å². The van der Waals surface area contributed by atoms with Gasteiger partial charge in [0.2, 0.25) is 0 Å². The fourth-order valence-corrected chi connectivity index (χ4v) is 2.59. The molecule has 2 N–H and O–H groups in total. The van der Waals surface area contributed by atoms with Crippen LogP contribution in [0.1, 0.15) is 42.3 Å². The van der Waals surface area contributed by atoms with Crippen molar-refractivity contribution in [1.82, 2.24) is 24.8 Å². The molecule has 96 valence electrons. The van der Waals surface area contributed by atoms with E-state index < -0.39 is 0 Å². The monoisotopic (exact) mass is 246 g/mol. The number of tetrazole rings is 1. The molecule has 0 saturated carbocycles. The Labute approximate surface area is 106 Å². The fourth-order valence-electron chi connectivity index (χ4n) is 2.59. The Balaban J connectivity index is 1.84. The van der Waals surface area contributed by atoms with E-state index >= 15 is 0 Å². The molecular formula is C12H18N6. The molecular weight excluding hydrogens is 228 g/mol. The summed E-state index contributed by atoms with van der Waals surface area (Å²) in [7, 11) is 1.78. The van der Waals surface area contributed by atoms with Crippen LogP contribution in [-0.4, -0.2) is 24.8 Å². The summed E-state index contributed by atoms with van der Waals surface area (Å²) in [6.07, 6.45) is 8.98. The largest absolute Gasteiger partial charge is 0.346 e. The standard InChI is InChI=1S/C12H18N6/c1-17-15-12(14-16-17)8-18-6-9-4-2-3-5-11(13)10(9)7-18/h6-7,11H,2-5,8,13H2,1H3. The van der Waals surface area contributed by atoms with Gasteiger partial charge in [0.1, 0.15) is 0 Å². The molecule has 0 spiro atoms. The first kappa shape index (κ1) is 11.4. The Hall–Kier alpha value is -1.69. The van der Waals surface area contributed by atoms with Crippen LogP contribution in [0, 0.1) is 0 Å². The van der Waals surface area contributed by atoms with Crippen molar-refractivity contribution in [2.45, 2.75) is 38.3 Å². The van der Waals surface area contributed by atoms with E-state index in [2.05, 4.69) is 32.4 Å². The quantitative estimate of drug-likeness (QED) is 0.795. The first-order valence-electron chi connectivity index (χ1n) is 6.39. The van der Waals surface area contributed by atoms with Gasteiger partial charge in [0.15, 0.2) is 5.82 Å². The lowest BCUT2D eigenvalue weighted by molar-refractivity contribution is 0.608. The molecule has 18 heavy (non-hydrogen) atoms. The second-order valence-corrected chi connectivity index (χ2v) is 4.96. The number of rotatable bonds is 2. The van der Waals surface area contributed by atoms with Crippen molar-refractivity contribution in [2.75, 3.05) is 0 Å². The van der Waals surface area contributed by atoms with Crippen molar-refractivity contribution in [2.24, 2.45) is 12.8 Å². The van der Waals surface area contributed by atoms with Crippen molar-refractivity contribution in [3.8, 4) is 0 Å². The molecule has 0 amide bonds. The number of fused-ring (bicyclic) bond motifs is 1. The molecule has 6 nitrogen and oxygen atoms in total. The molecule has 2 aromatic heterocycles. The summed E-state index contributed by atoms with van der Waals surface area (Å²) in [5, 5.41) is 12.0. The number of nitrogens with zero attached hydrogens (tertiary/aromatic N) is 5. The van der Waals surface area contributed by atoms with Crippen molar-refractivity contribution in [1.29, 1.82) is 0 Å². The summed E-state index contributed by atoms with van der Waals surface area (Å²) in [5.74, 6) is 0.733. The number of nitrogens with two attached hydrogens (primary N) is 1. The number of hydrogen-bond donors (Lipinski definition) is 1. The average Bonchev–Trinajstić information content (AvgIpc) is 2.88. The molecule has 2 heterocycles. The topological polar surface area (TPSA) is 74.5 Å². The Morgan fingerprint density at radius 1 is 1.39 bits per heavy atom. The maximum Gasteiger partial charge on any atom is 0.194 e. The summed E-state index contributed by atoms with van der Waals surface area (Å²) in [4.78, 5) is 1.48. The van der Waals surface area contributed by atoms with Crippen LogP contribution in [0.3, 0.4) is 0 Å². The molecule has 1 aliphatic carbocycles. The summed E-state index contributed by atoms with van der Waals surface area (Å²) >= 11 is 0. The smallest absolute Gasteiger partial charge is 0.194 e. The molecule has 1 unspecified atom stereocenters. The Bertz CT molecular complexity index is 541. The number of aromatic nitrogens is 5.